The molecule has 9 heteroatoms. The maximum absolute atomic E-state index is 13.9. The van der Waals surface area contributed by atoms with Gasteiger partial charge in [-0.3, -0.25) is 4.79 Å². The van der Waals surface area contributed by atoms with Gasteiger partial charge in [0.1, 0.15) is 0 Å². The second kappa shape index (κ2) is 12.1. The topological polar surface area (TPSA) is 116 Å². The predicted molar refractivity (Wildman–Crippen MR) is 147 cm³/mol. The molecule has 0 radical (unpaired) electrons. The van der Waals surface area contributed by atoms with E-state index in [9.17, 15) is 15.0 Å². The summed E-state index contributed by atoms with van der Waals surface area (Å²) in [6.07, 6.45) is 0.479. The first kappa shape index (κ1) is 27.6. The highest BCUT2D eigenvalue weighted by Crippen LogP contribution is 2.53. The van der Waals surface area contributed by atoms with Crippen LogP contribution in [0.2, 0.25) is 0 Å². The summed E-state index contributed by atoms with van der Waals surface area (Å²) in [6.45, 7) is 0.129. The van der Waals surface area contributed by atoms with Crippen LogP contribution in [0.25, 0.3) is 0 Å². The normalized spacial score (nSPS) is 20.9. The van der Waals surface area contributed by atoms with Crippen LogP contribution < -0.4 is 29.0 Å². The van der Waals surface area contributed by atoms with Crippen LogP contribution in [-0.4, -0.2) is 57.4 Å². The number of amides is 1. The Hall–Kier alpha value is -3.95. The fourth-order valence-corrected chi connectivity index (χ4v) is 5.86. The summed E-state index contributed by atoms with van der Waals surface area (Å²) in [5.41, 5.74) is 3.19. The number of aliphatic hydroxyl groups excluding tert-OH is 2. The number of methoxy groups -OCH3 is 3. The SMILES string of the molecule is COc1cc([C@@H]2c3cc4c(cc3[C@H](O)[C@@H](CO)[C@@H]2C(=O)NCCCc2ccccc2)OCO4)cc(OC)c1OC. The number of aryl methyl sites for hydroxylation is 1. The largest absolute Gasteiger partial charge is 0.493 e. The van der Waals surface area contributed by atoms with Gasteiger partial charge in [0.05, 0.1) is 33.4 Å². The number of nitrogens with one attached hydrogen (secondary N) is 1. The highest BCUT2D eigenvalue weighted by Gasteiger charge is 2.47. The average Bonchev–Trinajstić information content (AvgIpc) is 3.45. The van der Waals surface area contributed by atoms with E-state index < -0.39 is 30.5 Å². The number of carbonyl (C=O) groups is 1. The Bertz CT molecular complexity index is 1320. The highest BCUT2D eigenvalue weighted by molar-refractivity contribution is 5.82. The van der Waals surface area contributed by atoms with Crippen molar-refractivity contribution in [2.75, 3.05) is 41.3 Å². The van der Waals surface area contributed by atoms with Gasteiger partial charge >= 0.3 is 0 Å². The minimum Gasteiger partial charge on any atom is -0.493 e. The van der Waals surface area contributed by atoms with Crippen molar-refractivity contribution < 1.29 is 38.7 Å². The summed E-state index contributed by atoms with van der Waals surface area (Å²) >= 11 is 0. The second-order valence-electron chi connectivity index (χ2n) is 9.97. The molecule has 0 saturated heterocycles. The number of aliphatic hydroxyl groups is 2. The first-order valence-electron chi connectivity index (χ1n) is 13.3. The van der Waals surface area contributed by atoms with Crippen molar-refractivity contribution in [2.45, 2.75) is 24.9 Å². The molecule has 0 fully saturated rings. The van der Waals surface area contributed by atoms with Crippen LogP contribution in [0.5, 0.6) is 28.7 Å². The summed E-state index contributed by atoms with van der Waals surface area (Å²) in [6, 6.07) is 17.3. The third-order valence-corrected chi connectivity index (χ3v) is 7.80. The molecule has 3 aromatic carbocycles. The molecule has 3 N–H and O–H groups in total. The molecule has 1 heterocycles. The van der Waals surface area contributed by atoms with Gasteiger partial charge in [-0.25, -0.2) is 0 Å². The summed E-state index contributed by atoms with van der Waals surface area (Å²) in [4.78, 5) is 13.9. The number of benzene rings is 3. The van der Waals surface area contributed by atoms with E-state index in [1.165, 1.54) is 26.9 Å². The van der Waals surface area contributed by atoms with Crippen LogP contribution in [-0.2, 0) is 11.2 Å². The Morgan fingerprint density at radius 1 is 0.950 bits per heavy atom. The summed E-state index contributed by atoms with van der Waals surface area (Å²) < 4.78 is 28.0. The van der Waals surface area contributed by atoms with E-state index in [2.05, 4.69) is 17.4 Å². The molecular weight excluding hydrogens is 514 g/mol. The Kier molecular flexibility index (Phi) is 8.32. The zero-order valence-electron chi connectivity index (χ0n) is 22.9. The van der Waals surface area contributed by atoms with Crippen LogP contribution in [0, 0.1) is 11.8 Å². The van der Waals surface area contributed by atoms with Crippen molar-refractivity contribution in [1.29, 1.82) is 0 Å². The molecule has 0 spiro atoms. The van der Waals surface area contributed by atoms with Crippen molar-refractivity contribution >= 4 is 5.91 Å². The lowest BCUT2D eigenvalue weighted by molar-refractivity contribution is -0.131. The van der Waals surface area contributed by atoms with Gasteiger partial charge < -0.3 is 39.2 Å². The Morgan fingerprint density at radius 3 is 2.20 bits per heavy atom. The number of fused-ring (bicyclic) bond motifs is 2. The smallest absolute Gasteiger partial charge is 0.231 e. The molecule has 2 aliphatic rings. The molecule has 5 rings (SSSR count). The molecule has 4 atom stereocenters. The van der Waals surface area contributed by atoms with Gasteiger partial charge in [-0.2, -0.15) is 0 Å². The molecule has 0 unspecified atom stereocenters. The molecule has 0 bridgehead atoms. The van der Waals surface area contributed by atoms with E-state index in [0.29, 0.717) is 52.0 Å². The first-order chi connectivity index (χ1) is 19.5. The molecular formula is C31H35NO8. The molecule has 40 heavy (non-hydrogen) atoms. The van der Waals surface area contributed by atoms with Crippen LogP contribution in [0.1, 0.15) is 40.7 Å². The van der Waals surface area contributed by atoms with Crippen LogP contribution >= 0.6 is 0 Å². The van der Waals surface area contributed by atoms with E-state index in [1.54, 1.807) is 6.07 Å². The molecule has 3 aromatic rings. The minimum absolute atomic E-state index is 0.0674. The van der Waals surface area contributed by atoms with Crippen molar-refractivity contribution in [3.05, 3.63) is 76.9 Å². The van der Waals surface area contributed by atoms with Crippen molar-refractivity contribution in [3.63, 3.8) is 0 Å². The number of carbonyl (C=O) groups excluding carboxylic acids is 1. The van der Waals surface area contributed by atoms with Gasteiger partial charge in [-0.05, 0) is 59.4 Å². The monoisotopic (exact) mass is 549 g/mol. The van der Waals surface area contributed by atoms with Crippen molar-refractivity contribution in [1.82, 2.24) is 5.32 Å². The fraction of sp³-hybridized carbons (Fsp3) is 0.387. The lowest BCUT2D eigenvalue weighted by Crippen LogP contribution is -2.45. The number of ether oxygens (including phenoxy) is 5. The van der Waals surface area contributed by atoms with Gasteiger partial charge in [-0.1, -0.05) is 30.3 Å². The van der Waals surface area contributed by atoms with Gasteiger partial charge in [0.25, 0.3) is 0 Å². The Morgan fingerprint density at radius 2 is 1.60 bits per heavy atom. The van der Waals surface area contributed by atoms with E-state index in [0.717, 1.165) is 12.8 Å². The standard InChI is InChI=1S/C31H35NO8/c1-36-25-12-19(13-26(37-2)30(25)38-3)27-20-14-23-24(40-17-39-23)15-21(20)29(34)22(16-33)28(27)31(35)32-11-7-10-18-8-5-4-6-9-18/h4-6,8-9,12-15,22,27-29,33-34H,7,10-11,16-17H2,1-3H3,(H,32,35)/t22-,27+,28-,29-/m0/s1. The van der Waals surface area contributed by atoms with Crippen molar-refractivity contribution in [3.8, 4) is 28.7 Å². The molecule has 9 nitrogen and oxygen atoms in total. The predicted octanol–water partition coefficient (Wildman–Crippen LogP) is 3.59. The van der Waals surface area contributed by atoms with E-state index in [1.807, 2.05) is 36.4 Å². The zero-order chi connectivity index (χ0) is 28.2. The van der Waals surface area contributed by atoms with Gasteiger partial charge in [0.2, 0.25) is 18.4 Å². The summed E-state index contributed by atoms with van der Waals surface area (Å²) in [7, 11) is 4.59. The summed E-state index contributed by atoms with van der Waals surface area (Å²) in [5.74, 6) is -0.0359. The zero-order valence-corrected chi connectivity index (χ0v) is 22.9. The third-order valence-electron chi connectivity index (χ3n) is 7.80. The lowest BCUT2D eigenvalue weighted by atomic mass is 9.64. The maximum atomic E-state index is 13.9. The Balaban J connectivity index is 1.55. The molecule has 1 amide bonds. The number of hydrogen-bond donors (Lipinski definition) is 3. The van der Waals surface area contributed by atoms with E-state index in [-0.39, 0.29) is 12.7 Å². The molecule has 0 aromatic heterocycles. The second-order valence-corrected chi connectivity index (χ2v) is 9.97. The van der Waals surface area contributed by atoms with Gasteiger partial charge in [0, 0.05) is 25.0 Å². The van der Waals surface area contributed by atoms with Crippen molar-refractivity contribution in [2.24, 2.45) is 11.8 Å². The molecule has 1 aliphatic carbocycles. The van der Waals surface area contributed by atoms with Gasteiger partial charge in [-0.15, -0.1) is 0 Å². The van der Waals surface area contributed by atoms with E-state index >= 15 is 0 Å². The van der Waals surface area contributed by atoms with E-state index in [4.69, 9.17) is 23.7 Å². The summed E-state index contributed by atoms with van der Waals surface area (Å²) in [5, 5.41) is 25.0. The molecule has 0 saturated carbocycles. The Labute approximate surface area is 233 Å². The van der Waals surface area contributed by atoms with Crippen LogP contribution in [0.3, 0.4) is 0 Å². The fourth-order valence-electron chi connectivity index (χ4n) is 5.86. The average molecular weight is 550 g/mol. The van der Waals surface area contributed by atoms with Crippen LogP contribution in [0.4, 0.5) is 0 Å². The maximum Gasteiger partial charge on any atom is 0.231 e. The number of rotatable bonds is 10. The first-order valence-corrected chi connectivity index (χ1v) is 13.3. The molecule has 212 valence electrons. The molecule has 1 aliphatic heterocycles. The van der Waals surface area contributed by atoms with Crippen LogP contribution in [0.15, 0.2) is 54.6 Å². The highest BCUT2D eigenvalue weighted by atomic mass is 16.7. The minimum atomic E-state index is -1.09. The number of hydrogen-bond acceptors (Lipinski definition) is 8. The quantitative estimate of drug-likeness (QED) is 0.329. The third kappa shape index (κ3) is 5.14. The lowest BCUT2D eigenvalue weighted by Gasteiger charge is -2.41. The van der Waals surface area contributed by atoms with Gasteiger partial charge in [0.15, 0.2) is 23.0 Å².